The molecular formula is C18H23N3O3S. The number of piperidine rings is 1. The van der Waals surface area contributed by atoms with Gasteiger partial charge in [0.1, 0.15) is 5.69 Å². The Balaban J connectivity index is 1.49. The van der Waals surface area contributed by atoms with Crippen LogP contribution in [0.5, 0.6) is 0 Å². The normalized spacial score (nSPS) is 25.2. The predicted molar refractivity (Wildman–Crippen MR) is 95.3 cm³/mol. The van der Waals surface area contributed by atoms with E-state index in [2.05, 4.69) is 10.1 Å². The Hall–Kier alpha value is -1.70. The van der Waals surface area contributed by atoms with E-state index in [1.807, 2.05) is 36.4 Å². The van der Waals surface area contributed by atoms with Gasteiger partial charge >= 0.3 is 0 Å². The number of hydrogen-bond acceptors (Lipinski definition) is 5. The van der Waals surface area contributed by atoms with Crippen LogP contribution in [0.15, 0.2) is 40.9 Å². The Labute approximate surface area is 148 Å². The van der Waals surface area contributed by atoms with Gasteiger partial charge in [-0.2, -0.15) is 0 Å². The molecule has 6 nitrogen and oxygen atoms in total. The van der Waals surface area contributed by atoms with Gasteiger partial charge in [-0.25, -0.2) is 12.7 Å². The van der Waals surface area contributed by atoms with Crippen molar-refractivity contribution in [2.24, 2.45) is 5.92 Å². The fourth-order valence-electron chi connectivity index (χ4n) is 3.93. The molecule has 3 aliphatic heterocycles. The summed E-state index contributed by atoms with van der Waals surface area (Å²) in [5.41, 5.74) is 1.88. The highest BCUT2D eigenvalue weighted by molar-refractivity contribution is 7.88. The predicted octanol–water partition coefficient (Wildman–Crippen LogP) is 2.20. The van der Waals surface area contributed by atoms with Gasteiger partial charge in [-0.15, -0.1) is 0 Å². The van der Waals surface area contributed by atoms with E-state index in [0.717, 1.165) is 36.4 Å². The molecule has 0 radical (unpaired) electrons. The molecule has 0 aliphatic carbocycles. The summed E-state index contributed by atoms with van der Waals surface area (Å²) in [6, 6.07) is 12.2. The number of benzene rings is 1. The van der Waals surface area contributed by atoms with Crippen LogP contribution >= 0.6 is 0 Å². The Kier molecular flexibility index (Phi) is 4.39. The number of hydrogen-bond donors (Lipinski definition) is 0. The van der Waals surface area contributed by atoms with E-state index < -0.39 is 10.0 Å². The molecule has 3 aliphatic rings. The second-order valence-corrected chi connectivity index (χ2v) is 9.13. The van der Waals surface area contributed by atoms with Crippen LogP contribution in [0.4, 0.5) is 0 Å². The minimum absolute atomic E-state index is 0.249. The molecule has 3 saturated heterocycles. The van der Waals surface area contributed by atoms with Crippen LogP contribution in [-0.4, -0.2) is 54.7 Å². The number of sulfonamides is 1. The van der Waals surface area contributed by atoms with Gasteiger partial charge in [0, 0.05) is 37.3 Å². The summed E-state index contributed by atoms with van der Waals surface area (Å²) in [4.78, 5) is 2.36. The van der Waals surface area contributed by atoms with Crippen molar-refractivity contribution in [2.45, 2.75) is 25.4 Å². The Morgan fingerprint density at radius 3 is 2.72 bits per heavy atom. The summed E-state index contributed by atoms with van der Waals surface area (Å²) in [5.74, 6) is 1.22. The van der Waals surface area contributed by atoms with Crippen LogP contribution in [-0.2, 0) is 16.6 Å². The molecule has 134 valence electrons. The average molecular weight is 361 g/mol. The van der Waals surface area contributed by atoms with E-state index in [4.69, 9.17) is 4.52 Å². The van der Waals surface area contributed by atoms with Crippen molar-refractivity contribution in [2.75, 3.05) is 25.9 Å². The summed E-state index contributed by atoms with van der Waals surface area (Å²) in [7, 11) is -3.13. The third-order valence-electron chi connectivity index (χ3n) is 5.25. The van der Waals surface area contributed by atoms with Crippen molar-refractivity contribution in [3.8, 4) is 11.3 Å². The molecule has 0 amide bonds. The second kappa shape index (κ2) is 6.55. The first-order chi connectivity index (χ1) is 12.0. The first kappa shape index (κ1) is 16.8. The lowest BCUT2D eigenvalue weighted by molar-refractivity contribution is 0.113. The van der Waals surface area contributed by atoms with E-state index in [1.54, 1.807) is 4.31 Å². The van der Waals surface area contributed by atoms with Gasteiger partial charge in [0.05, 0.1) is 12.8 Å². The maximum Gasteiger partial charge on any atom is 0.211 e. The highest BCUT2D eigenvalue weighted by atomic mass is 32.2. The Morgan fingerprint density at radius 1 is 1.16 bits per heavy atom. The first-order valence-corrected chi connectivity index (χ1v) is 10.5. The molecule has 0 unspecified atom stereocenters. The van der Waals surface area contributed by atoms with E-state index in [9.17, 15) is 8.42 Å². The summed E-state index contributed by atoms with van der Waals surface area (Å²) >= 11 is 0. The third-order valence-corrected chi connectivity index (χ3v) is 6.49. The van der Waals surface area contributed by atoms with Crippen molar-refractivity contribution >= 4 is 10.0 Å². The van der Waals surface area contributed by atoms with Crippen LogP contribution in [0.3, 0.4) is 0 Å². The number of nitrogens with zero attached hydrogens (tertiary/aromatic N) is 3. The Bertz CT molecular complexity index is 834. The van der Waals surface area contributed by atoms with Crippen LogP contribution in [0, 0.1) is 5.92 Å². The molecule has 0 N–H and O–H groups in total. The molecule has 7 heteroatoms. The number of fused-ring (bicyclic) bond motifs is 4. The van der Waals surface area contributed by atoms with E-state index in [1.165, 1.54) is 6.26 Å². The van der Waals surface area contributed by atoms with Gasteiger partial charge in [-0.1, -0.05) is 35.5 Å². The van der Waals surface area contributed by atoms with Gasteiger partial charge < -0.3 is 4.52 Å². The zero-order valence-electron chi connectivity index (χ0n) is 14.3. The van der Waals surface area contributed by atoms with Crippen molar-refractivity contribution in [1.82, 2.24) is 14.4 Å². The van der Waals surface area contributed by atoms with Crippen LogP contribution < -0.4 is 0 Å². The molecular weight excluding hydrogens is 338 g/mol. The second-order valence-electron chi connectivity index (χ2n) is 7.15. The maximum absolute atomic E-state index is 12.0. The average Bonchev–Trinajstić information content (AvgIpc) is 2.84. The molecule has 1 aromatic heterocycles. The lowest BCUT2D eigenvalue weighted by Crippen LogP contribution is -2.43. The fraction of sp³-hybridized carbons (Fsp3) is 0.500. The summed E-state index contributed by atoms with van der Waals surface area (Å²) in [5, 5.41) is 4.18. The number of rotatable bonds is 4. The van der Waals surface area contributed by atoms with Gasteiger partial charge in [0.2, 0.25) is 10.0 Å². The molecule has 0 spiro atoms. The lowest BCUT2D eigenvalue weighted by atomic mass is 9.95. The lowest BCUT2D eigenvalue weighted by Gasteiger charge is -2.35. The molecule has 2 bridgehead atoms. The smallest absolute Gasteiger partial charge is 0.211 e. The van der Waals surface area contributed by atoms with Gasteiger partial charge in [-0.05, 0) is 18.8 Å². The van der Waals surface area contributed by atoms with Crippen molar-refractivity contribution < 1.29 is 12.9 Å². The quantitative estimate of drug-likeness (QED) is 0.835. The largest absolute Gasteiger partial charge is 0.359 e. The van der Waals surface area contributed by atoms with E-state index in [0.29, 0.717) is 25.6 Å². The van der Waals surface area contributed by atoms with Crippen LogP contribution in [0.2, 0.25) is 0 Å². The molecule has 2 atom stereocenters. The summed E-state index contributed by atoms with van der Waals surface area (Å²) in [6.45, 7) is 2.81. The molecule has 1 aromatic carbocycles. The first-order valence-electron chi connectivity index (χ1n) is 8.69. The summed E-state index contributed by atoms with van der Waals surface area (Å²) < 4.78 is 31.1. The molecule has 2 aromatic rings. The molecule has 0 saturated carbocycles. The Morgan fingerprint density at radius 2 is 1.96 bits per heavy atom. The van der Waals surface area contributed by atoms with E-state index in [-0.39, 0.29) is 6.04 Å². The van der Waals surface area contributed by atoms with Gasteiger partial charge in [0.15, 0.2) is 5.76 Å². The minimum Gasteiger partial charge on any atom is -0.359 e. The van der Waals surface area contributed by atoms with Crippen molar-refractivity contribution in [3.63, 3.8) is 0 Å². The van der Waals surface area contributed by atoms with Crippen molar-refractivity contribution in [1.29, 1.82) is 0 Å². The standard InChI is InChI=1S/C18H23N3O3S/c1-25(22,23)21-11-14-7-8-16(12-21)20(10-14)13-17-9-18(19-24-17)15-5-3-2-4-6-15/h2-6,9,14,16H,7-8,10-13H2,1H3/t14-,16-/m1/s1. The molecule has 4 heterocycles. The highest BCUT2D eigenvalue weighted by Crippen LogP contribution is 2.30. The SMILES string of the molecule is CS(=O)(=O)N1C[C@@H]2CC[C@H](C1)N(Cc1cc(-c3ccccc3)no1)C2. The topological polar surface area (TPSA) is 66.7 Å². The van der Waals surface area contributed by atoms with Crippen LogP contribution in [0.1, 0.15) is 18.6 Å². The highest BCUT2D eigenvalue weighted by Gasteiger charge is 2.37. The van der Waals surface area contributed by atoms with Gasteiger partial charge in [0.25, 0.3) is 0 Å². The molecule has 5 rings (SSSR count). The fourth-order valence-corrected chi connectivity index (χ4v) is 4.86. The third kappa shape index (κ3) is 3.63. The molecule has 3 fully saturated rings. The number of aromatic nitrogens is 1. The molecule has 25 heavy (non-hydrogen) atoms. The van der Waals surface area contributed by atoms with Crippen LogP contribution in [0.25, 0.3) is 11.3 Å². The minimum atomic E-state index is -3.13. The van der Waals surface area contributed by atoms with Gasteiger partial charge in [-0.3, -0.25) is 4.90 Å². The summed E-state index contributed by atoms with van der Waals surface area (Å²) in [6.07, 6.45) is 3.44. The maximum atomic E-state index is 12.0. The zero-order valence-corrected chi connectivity index (χ0v) is 15.2. The monoisotopic (exact) mass is 361 g/mol. The van der Waals surface area contributed by atoms with E-state index >= 15 is 0 Å². The zero-order chi connectivity index (χ0) is 17.4. The van der Waals surface area contributed by atoms with Crippen molar-refractivity contribution in [3.05, 3.63) is 42.2 Å².